The number of nitro benzene ring substituents is 1. The molecule has 1 aliphatic rings. The molecule has 1 fully saturated rings. The molecular formula is C12H11N3O5. The highest BCUT2D eigenvalue weighted by atomic mass is 16.6. The Balaban J connectivity index is 2.49. The number of nitro groups is 1. The van der Waals surface area contributed by atoms with E-state index >= 15 is 0 Å². The lowest BCUT2D eigenvalue weighted by Crippen LogP contribution is -2.36. The molecule has 0 aliphatic carbocycles. The number of β-amino-alcohol motifs (C(OH)–C–C–N with tert-alkyl or cyclic N) is 1. The summed E-state index contributed by atoms with van der Waals surface area (Å²) in [6.45, 7) is 0.00368. The standard InChI is InChI=1S/C12H11N3O5/c13-5-7-1-2-9(10(3-7)15(19)20)14-6-8(16)4-11(14)12(17)18/h1-3,8,11,16H,4,6H2,(H,17,18). The molecule has 2 atom stereocenters. The first kappa shape index (κ1) is 13.8. The van der Waals surface area contributed by atoms with Crippen molar-refractivity contribution in [1.29, 1.82) is 5.26 Å². The number of aliphatic hydroxyl groups is 1. The average molecular weight is 277 g/mol. The monoisotopic (exact) mass is 277 g/mol. The van der Waals surface area contributed by atoms with Gasteiger partial charge in [0.15, 0.2) is 0 Å². The van der Waals surface area contributed by atoms with Crippen LogP contribution in [0.3, 0.4) is 0 Å². The molecule has 104 valence electrons. The van der Waals surface area contributed by atoms with Crippen molar-refractivity contribution in [3.05, 3.63) is 33.9 Å². The third-order valence-electron chi connectivity index (χ3n) is 3.17. The Labute approximate surface area is 113 Å². The molecule has 2 rings (SSSR count). The maximum atomic E-state index is 11.2. The van der Waals surface area contributed by atoms with Crippen molar-refractivity contribution in [2.24, 2.45) is 0 Å². The second-order valence-electron chi connectivity index (χ2n) is 4.47. The number of carboxylic acid groups (broad SMARTS) is 1. The number of carboxylic acids is 1. The van der Waals surface area contributed by atoms with Gasteiger partial charge in [-0.3, -0.25) is 10.1 Å². The topological polar surface area (TPSA) is 128 Å². The van der Waals surface area contributed by atoms with E-state index in [1.807, 2.05) is 0 Å². The van der Waals surface area contributed by atoms with Gasteiger partial charge in [0.25, 0.3) is 5.69 Å². The molecule has 0 saturated carbocycles. The Morgan fingerprint density at radius 2 is 2.25 bits per heavy atom. The second-order valence-corrected chi connectivity index (χ2v) is 4.47. The van der Waals surface area contributed by atoms with Gasteiger partial charge in [0.1, 0.15) is 11.7 Å². The number of hydrogen-bond acceptors (Lipinski definition) is 6. The summed E-state index contributed by atoms with van der Waals surface area (Å²) in [5, 5.41) is 38.5. The number of carbonyl (C=O) groups is 1. The normalized spacial score (nSPS) is 21.5. The minimum Gasteiger partial charge on any atom is -0.480 e. The zero-order chi connectivity index (χ0) is 14.9. The quantitative estimate of drug-likeness (QED) is 0.607. The minimum atomic E-state index is -1.15. The van der Waals surface area contributed by atoms with Crippen LogP contribution in [0.25, 0.3) is 0 Å². The molecule has 0 radical (unpaired) electrons. The average Bonchev–Trinajstić information content (AvgIpc) is 2.80. The minimum absolute atomic E-state index is 0.00368. The molecular weight excluding hydrogens is 266 g/mol. The van der Waals surface area contributed by atoms with Crippen molar-refractivity contribution in [1.82, 2.24) is 0 Å². The number of aliphatic carboxylic acids is 1. The Morgan fingerprint density at radius 1 is 1.55 bits per heavy atom. The van der Waals surface area contributed by atoms with Crippen LogP contribution in [0, 0.1) is 21.4 Å². The third kappa shape index (κ3) is 2.39. The van der Waals surface area contributed by atoms with Crippen molar-refractivity contribution < 1.29 is 19.9 Å². The maximum Gasteiger partial charge on any atom is 0.326 e. The molecule has 0 amide bonds. The molecule has 1 aromatic carbocycles. The molecule has 1 aromatic rings. The van der Waals surface area contributed by atoms with Crippen LogP contribution in [0.4, 0.5) is 11.4 Å². The fraction of sp³-hybridized carbons (Fsp3) is 0.333. The van der Waals surface area contributed by atoms with Crippen molar-refractivity contribution in [3.8, 4) is 6.07 Å². The largest absolute Gasteiger partial charge is 0.480 e. The van der Waals surface area contributed by atoms with Gasteiger partial charge in [0.05, 0.1) is 22.7 Å². The van der Waals surface area contributed by atoms with Crippen LogP contribution in [0.1, 0.15) is 12.0 Å². The Morgan fingerprint density at radius 3 is 2.80 bits per heavy atom. The van der Waals surface area contributed by atoms with Crippen LogP contribution in [-0.2, 0) is 4.79 Å². The van der Waals surface area contributed by atoms with E-state index in [4.69, 9.17) is 10.4 Å². The fourth-order valence-electron chi connectivity index (χ4n) is 2.30. The van der Waals surface area contributed by atoms with Crippen molar-refractivity contribution >= 4 is 17.3 Å². The van der Waals surface area contributed by atoms with Crippen LogP contribution in [0.15, 0.2) is 18.2 Å². The highest BCUT2D eigenvalue weighted by Crippen LogP contribution is 2.34. The summed E-state index contributed by atoms with van der Waals surface area (Å²) in [6.07, 6.45) is -0.849. The fourth-order valence-corrected chi connectivity index (χ4v) is 2.30. The highest BCUT2D eigenvalue weighted by molar-refractivity contribution is 5.81. The molecule has 2 unspecified atom stereocenters. The lowest BCUT2D eigenvalue weighted by molar-refractivity contribution is -0.384. The molecule has 1 heterocycles. The third-order valence-corrected chi connectivity index (χ3v) is 3.17. The first-order chi connectivity index (χ1) is 9.43. The zero-order valence-corrected chi connectivity index (χ0v) is 10.3. The van der Waals surface area contributed by atoms with Crippen LogP contribution < -0.4 is 4.90 Å². The van der Waals surface area contributed by atoms with Gasteiger partial charge in [0.2, 0.25) is 0 Å². The summed E-state index contributed by atoms with van der Waals surface area (Å²) < 4.78 is 0. The van der Waals surface area contributed by atoms with Gasteiger partial charge >= 0.3 is 5.97 Å². The summed E-state index contributed by atoms with van der Waals surface area (Å²) in [7, 11) is 0. The van der Waals surface area contributed by atoms with Gasteiger partial charge in [-0.15, -0.1) is 0 Å². The number of rotatable bonds is 3. The van der Waals surface area contributed by atoms with E-state index in [1.54, 1.807) is 6.07 Å². The van der Waals surface area contributed by atoms with Crippen molar-refractivity contribution in [2.75, 3.05) is 11.4 Å². The number of benzene rings is 1. The van der Waals surface area contributed by atoms with E-state index in [-0.39, 0.29) is 29.9 Å². The van der Waals surface area contributed by atoms with Crippen LogP contribution in [0.5, 0.6) is 0 Å². The predicted molar refractivity (Wildman–Crippen MR) is 67.2 cm³/mol. The molecule has 2 N–H and O–H groups in total. The maximum absolute atomic E-state index is 11.2. The molecule has 1 aliphatic heterocycles. The van der Waals surface area contributed by atoms with E-state index in [1.165, 1.54) is 17.0 Å². The van der Waals surface area contributed by atoms with Crippen LogP contribution >= 0.6 is 0 Å². The van der Waals surface area contributed by atoms with E-state index in [0.29, 0.717) is 0 Å². The molecule has 0 spiro atoms. The number of nitriles is 1. The Hall–Kier alpha value is -2.66. The van der Waals surface area contributed by atoms with E-state index in [2.05, 4.69) is 0 Å². The van der Waals surface area contributed by atoms with Gasteiger partial charge in [-0.2, -0.15) is 5.26 Å². The zero-order valence-electron chi connectivity index (χ0n) is 10.3. The van der Waals surface area contributed by atoms with Crippen LogP contribution in [-0.4, -0.2) is 39.8 Å². The SMILES string of the molecule is N#Cc1ccc(N2CC(O)CC2C(=O)O)c([N+](=O)[O-])c1. The lowest BCUT2D eigenvalue weighted by Gasteiger charge is -2.23. The van der Waals surface area contributed by atoms with E-state index in [9.17, 15) is 20.0 Å². The number of aliphatic hydroxyl groups excluding tert-OH is 1. The molecule has 0 bridgehead atoms. The van der Waals surface area contributed by atoms with Gasteiger partial charge in [-0.25, -0.2) is 4.79 Å². The predicted octanol–water partition coefficient (Wildman–Crippen LogP) is 0.491. The second kappa shape index (κ2) is 5.14. The summed E-state index contributed by atoms with van der Waals surface area (Å²) in [5.41, 5.74) is -0.130. The van der Waals surface area contributed by atoms with Gasteiger partial charge in [0, 0.05) is 19.0 Å². The first-order valence-electron chi connectivity index (χ1n) is 5.80. The Kier molecular flexibility index (Phi) is 3.54. The molecule has 8 nitrogen and oxygen atoms in total. The lowest BCUT2D eigenvalue weighted by atomic mass is 10.1. The Bertz CT molecular complexity index is 610. The van der Waals surface area contributed by atoms with Gasteiger partial charge in [-0.1, -0.05) is 0 Å². The number of anilines is 1. The molecule has 20 heavy (non-hydrogen) atoms. The highest BCUT2D eigenvalue weighted by Gasteiger charge is 2.38. The molecule has 0 aromatic heterocycles. The summed E-state index contributed by atoms with van der Waals surface area (Å²) >= 11 is 0. The summed E-state index contributed by atoms with van der Waals surface area (Å²) in [5.74, 6) is -1.15. The summed E-state index contributed by atoms with van der Waals surface area (Å²) in [4.78, 5) is 22.8. The van der Waals surface area contributed by atoms with E-state index < -0.39 is 23.0 Å². The summed E-state index contributed by atoms with van der Waals surface area (Å²) in [6, 6.07) is 4.59. The van der Waals surface area contributed by atoms with Gasteiger partial charge < -0.3 is 15.1 Å². The molecule has 8 heteroatoms. The van der Waals surface area contributed by atoms with Crippen molar-refractivity contribution in [3.63, 3.8) is 0 Å². The van der Waals surface area contributed by atoms with E-state index in [0.717, 1.165) is 6.07 Å². The van der Waals surface area contributed by atoms with Crippen LogP contribution in [0.2, 0.25) is 0 Å². The smallest absolute Gasteiger partial charge is 0.326 e. The first-order valence-corrected chi connectivity index (χ1v) is 5.80. The number of nitrogens with zero attached hydrogens (tertiary/aromatic N) is 3. The van der Waals surface area contributed by atoms with Gasteiger partial charge in [-0.05, 0) is 12.1 Å². The van der Waals surface area contributed by atoms with Crippen molar-refractivity contribution in [2.45, 2.75) is 18.6 Å². The molecule has 1 saturated heterocycles. The number of hydrogen-bond donors (Lipinski definition) is 2.